The van der Waals surface area contributed by atoms with E-state index in [1.165, 1.54) is 30.5 Å². The van der Waals surface area contributed by atoms with Crippen molar-refractivity contribution in [2.75, 3.05) is 31.1 Å². The fourth-order valence-corrected chi connectivity index (χ4v) is 11.5. The van der Waals surface area contributed by atoms with Crippen LogP contribution < -0.4 is 0 Å². The average molecular weight is 322 g/mol. The van der Waals surface area contributed by atoms with Crippen LogP contribution in [0.25, 0.3) is 0 Å². The lowest BCUT2D eigenvalue weighted by Crippen LogP contribution is -2.31. The molecular weight excluding hydrogens is 283 g/mol. The van der Waals surface area contributed by atoms with Crippen molar-refractivity contribution in [3.05, 3.63) is 0 Å². The molecule has 0 N–H and O–H groups in total. The Morgan fingerprint density at radius 1 is 0.700 bits per heavy atom. The monoisotopic (exact) mass is 321 g/mol. The quantitative estimate of drug-likeness (QED) is 0.414. The molecule has 0 rings (SSSR count). The zero-order valence-corrected chi connectivity index (χ0v) is 17.3. The van der Waals surface area contributed by atoms with Crippen LogP contribution in [0.2, 0.25) is 0 Å². The van der Waals surface area contributed by atoms with Crippen LogP contribution in [0.1, 0.15) is 62.3 Å². The molecule has 0 spiro atoms. The van der Waals surface area contributed by atoms with E-state index in [0.717, 1.165) is 6.35 Å². The summed E-state index contributed by atoms with van der Waals surface area (Å²) < 4.78 is 5.90. The molecular formula is C17H38OPS+. The van der Waals surface area contributed by atoms with E-state index in [1.807, 2.05) is 6.26 Å². The van der Waals surface area contributed by atoms with Gasteiger partial charge in [0, 0.05) is 13.5 Å². The molecule has 20 heavy (non-hydrogen) atoms. The largest absolute Gasteiger partial charge is 0.278 e. The van der Waals surface area contributed by atoms with Gasteiger partial charge >= 0.3 is 0 Å². The molecule has 0 saturated heterocycles. The van der Waals surface area contributed by atoms with E-state index in [2.05, 4.69) is 62.3 Å². The van der Waals surface area contributed by atoms with Gasteiger partial charge in [-0.1, -0.05) is 62.3 Å². The molecule has 0 aromatic rings. The molecule has 0 aromatic heterocycles. The Morgan fingerprint density at radius 3 is 1.20 bits per heavy atom. The summed E-state index contributed by atoms with van der Waals surface area (Å²) in [6.07, 6.45) is 7.00. The summed E-state index contributed by atoms with van der Waals surface area (Å²) in [5, 5.41) is 0. The maximum atomic E-state index is 5.90. The van der Waals surface area contributed by atoms with Crippen molar-refractivity contribution in [1.82, 2.24) is 0 Å². The fraction of sp³-hybridized carbons (Fsp3) is 1.00. The molecule has 0 amide bonds. The first-order valence-corrected chi connectivity index (χ1v) is 11.4. The van der Waals surface area contributed by atoms with Crippen molar-refractivity contribution >= 4 is 19.3 Å². The van der Waals surface area contributed by atoms with Crippen molar-refractivity contribution in [2.24, 2.45) is 16.2 Å². The Morgan fingerprint density at radius 2 is 1.00 bits per heavy atom. The highest BCUT2D eigenvalue weighted by Crippen LogP contribution is 2.67. The van der Waals surface area contributed by atoms with Crippen LogP contribution in [0, 0.1) is 16.2 Å². The SMILES string of the molecule is CSOC[P+](CC(C)(C)C)(CC(C)(C)C)CC(C)(C)C. The van der Waals surface area contributed by atoms with Crippen molar-refractivity contribution < 1.29 is 4.18 Å². The Labute approximate surface area is 133 Å². The highest BCUT2D eigenvalue weighted by atomic mass is 32.2. The van der Waals surface area contributed by atoms with E-state index in [0.29, 0.717) is 16.2 Å². The molecule has 0 aliphatic heterocycles. The third-order valence-electron chi connectivity index (χ3n) is 2.87. The molecule has 0 aliphatic rings. The molecule has 3 heteroatoms. The summed E-state index contributed by atoms with van der Waals surface area (Å²) in [4.78, 5) is 0. The van der Waals surface area contributed by atoms with Gasteiger partial charge in [0.2, 0.25) is 0 Å². The lowest BCUT2D eigenvalue weighted by molar-refractivity contribution is 0.405. The topological polar surface area (TPSA) is 9.23 Å². The lowest BCUT2D eigenvalue weighted by Gasteiger charge is -2.39. The van der Waals surface area contributed by atoms with Crippen LogP contribution in [0.5, 0.6) is 0 Å². The highest BCUT2D eigenvalue weighted by molar-refractivity contribution is 7.94. The van der Waals surface area contributed by atoms with Gasteiger partial charge in [0.05, 0.1) is 18.5 Å². The van der Waals surface area contributed by atoms with Crippen LogP contribution in [0.15, 0.2) is 0 Å². The van der Waals surface area contributed by atoms with Gasteiger partial charge in [-0.3, -0.25) is 4.18 Å². The second-order valence-electron chi connectivity index (χ2n) is 9.91. The van der Waals surface area contributed by atoms with Gasteiger partial charge in [0.25, 0.3) is 0 Å². The van der Waals surface area contributed by atoms with E-state index < -0.39 is 7.26 Å². The maximum Gasteiger partial charge on any atom is 0.170 e. The maximum absolute atomic E-state index is 5.90. The standard InChI is InChI=1S/C17H38OPS/c1-15(2,3)11-19(14-18-20-10,12-16(4,5)6)13-17(7,8)9/h11-14H2,1-10H3/q+1. The molecule has 0 aromatic carbocycles. The van der Waals surface area contributed by atoms with Gasteiger partial charge in [0.15, 0.2) is 6.35 Å². The van der Waals surface area contributed by atoms with Crippen molar-refractivity contribution in [3.8, 4) is 0 Å². The molecule has 0 heterocycles. The van der Waals surface area contributed by atoms with Gasteiger partial charge in [-0.15, -0.1) is 0 Å². The van der Waals surface area contributed by atoms with E-state index in [1.54, 1.807) is 0 Å². The molecule has 1 nitrogen and oxygen atoms in total. The van der Waals surface area contributed by atoms with Gasteiger partial charge in [-0.2, -0.15) is 0 Å². The fourth-order valence-electron chi connectivity index (χ4n) is 3.49. The summed E-state index contributed by atoms with van der Waals surface area (Å²) in [6, 6.07) is 0. The summed E-state index contributed by atoms with van der Waals surface area (Å²) >= 11 is 1.53. The molecule has 0 saturated carbocycles. The van der Waals surface area contributed by atoms with E-state index in [-0.39, 0.29) is 0 Å². The Hall–Kier alpha value is 0.740. The summed E-state index contributed by atoms with van der Waals surface area (Å²) in [5.74, 6) is 0. The second kappa shape index (κ2) is 7.34. The predicted molar refractivity (Wildman–Crippen MR) is 99.4 cm³/mol. The smallest absolute Gasteiger partial charge is 0.170 e. The first-order chi connectivity index (χ1) is 8.68. The second-order valence-corrected chi connectivity index (χ2v) is 14.4. The summed E-state index contributed by atoms with van der Waals surface area (Å²) in [7, 11) is -1.12. The Balaban J connectivity index is 5.38. The predicted octanol–water partition coefficient (Wildman–Crippen LogP) is 6.39. The minimum absolute atomic E-state index is 0.381. The first-order valence-electron chi connectivity index (χ1n) is 7.69. The highest BCUT2D eigenvalue weighted by Gasteiger charge is 2.47. The van der Waals surface area contributed by atoms with Crippen LogP contribution in [0.3, 0.4) is 0 Å². The van der Waals surface area contributed by atoms with Gasteiger partial charge in [0.1, 0.15) is 0 Å². The summed E-state index contributed by atoms with van der Waals surface area (Å²) in [5.41, 5.74) is 1.14. The number of hydrogen-bond donors (Lipinski definition) is 0. The third kappa shape index (κ3) is 10.5. The molecule has 0 aliphatic carbocycles. The van der Waals surface area contributed by atoms with Crippen molar-refractivity contribution in [1.29, 1.82) is 0 Å². The van der Waals surface area contributed by atoms with Gasteiger partial charge in [-0.25, -0.2) is 0 Å². The number of rotatable bonds is 6. The number of hydrogen-bond acceptors (Lipinski definition) is 2. The third-order valence-corrected chi connectivity index (χ3v) is 8.94. The van der Waals surface area contributed by atoms with E-state index in [9.17, 15) is 0 Å². The van der Waals surface area contributed by atoms with Crippen molar-refractivity contribution in [3.63, 3.8) is 0 Å². The lowest BCUT2D eigenvalue weighted by atomic mass is 9.99. The van der Waals surface area contributed by atoms with Crippen LogP contribution in [0.4, 0.5) is 0 Å². The molecule has 0 atom stereocenters. The molecule has 0 fully saturated rings. The Bertz CT molecular complexity index is 240. The minimum Gasteiger partial charge on any atom is -0.278 e. The van der Waals surface area contributed by atoms with E-state index in [4.69, 9.17) is 4.18 Å². The first kappa shape index (κ1) is 20.7. The van der Waals surface area contributed by atoms with Crippen LogP contribution >= 0.6 is 19.3 Å². The van der Waals surface area contributed by atoms with Crippen LogP contribution in [-0.4, -0.2) is 31.1 Å². The Kier molecular flexibility index (Phi) is 7.61. The zero-order valence-electron chi connectivity index (χ0n) is 15.6. The summed E-state index contributed by atoms with van der Waals surface area (Å²) in [6.45, 7) is 21.4. The van der Waals surface area contributed by atoms with E-state index >= 15 is 0 Å². The zero-order chi connectivity index (χ0) is 16.2. The molecule has 122 valence electrons. The van der Waals surface area contributed by atoms with Gasteiger partial charge < -0.3 is 0 Å². The van der Waals surface area contributed by atoms with Crippen LogP contribution in [-0.2, 0) is 4.18 Å². The minimum atomic E-state index is -1.12. The van der Waals surface area contributed by atoms with Gasteiger partial charge in [-0.05, 0) is 28.3 Å². The van der Waals surface area contributed by atoms with Crippen molar-refractivity contribution in [2.45, 2.75) is 62.3 Å². The molecule has 0 unspecified atom stereocenters. The molecule has 0 radical (unpaired) electrons. The normalized spacial score (nSPS) is 14.7. The molecule has 0 bridgehead atoms. The average Bonchev–Trinajstić information content (AvgIpc) is 2.05.